The molecule has 1 fully saturated rings. The Balaban J connectivity index is 2.68. The van der Waals surface area contributed by atoms with Gasteiger partial charge < -0.3 is 0 Å². The Bertz CT molecular complexity index is 183. The Morgan fingerprint density at radius 2 is 1.90 bits per heavy atom. The van der Waals surface area contributed by atoms with E-state index in [1.165, 1.54) is 0 Å². The first-order valence-electron chi connectivity index (χ1n) is 2.52. The van der Waals surface area contributed by atoms with Crippen molar-refractivity contribution in [2.45, 2.75) is 15.6 Å². The fourth-order valence-electron chi connectivity index (χ4n) is 0.623. The highest BCUT2D eigenvalue weighted by Crippen LogP contribution is 2.61. The lowest BCUT2D eigenvalue weighted by atomic mass is 10.4. The van der Waals surface area contributed by atoms with E-state index in [1.807, 2.05) is 5.43 Å². The highest BCUT2D eigenvalue weighted by molar-refractivity contribution is 6.62. The third-order valence-corrected chi connectivity index (χ3v) is 3.15. The van der Waals surface area contributed by atoms with E-state index >= 15 is 0 Å². The number of rotatable bonds is 1. The molecule has 0 spiro atoms. The van der Waals surface area contributed by atoms with Crippen molar-refractivity contribution >= 4 is 40.7 Å². The Hall–Kier alpha value is 0.300. The average Bonchev–Trinajstić information content (AvgIpc) is 2.32. The second-order valence-electron chi connectivity index (χ2n) is 2.16. The summed E-state index contributed by atoms with van der Waals surface area (Å²) in [6, 6.07) is 0. The van der Waals surface area contributed by atoms with Gasteiger partial charge in [-0.25, -0.2) is 5.84 Å². The highest BCUT2D eigenvalue weighted by Gasteiger charge is 2.70. The molecule has 0 radical (unpaired) electrons. The lowest BCUT2D eigenvalue weighted by Crippen LogP contribution is -2.40. The predicted molar refractivity (Wildman–Crippen MR) is 40.0 cm³/mol. The molecule has 6 heteroatoms. The Kier molecular flexibility index (Phi) is 1.80. The molecule has 10 heavy (non-hydrogen) atoms. The van der Waals surface area contributed by atoms with Crippen molar-refractivity contribution in [3.8, 4) is 0 Å². The minimum Gasteiger partial charge on any atom is -0.293 e. The molecule has 1 amide bonds. The number of alkyl halides is 3. The van der Waals surface area contributed by atoms with Gasteiger partial charge in [0.15, 0.2) is 4.87 Å². The quantitative estimate of drug-likeness (QED) is 0.283. The number of hydrogen-bond donors (Lipinski definition) is 2. The maximum atomic E-state index is 10.8. The van der Waals surface area contributed by atoms with Crippen LogP contribution in [0.2, 0.25) is 0 Å². The van der Waals surface area contributed by atoms with Crippen LogP contribution >= 0.6 is 34.8 Å². The van der Waals surface area contributed by atoms with Crippen LogP contribution in [0.25, 0.3) is 0 Å². The van der Waals surface area contributed by atoms with Crippen LogP contribution in [0.1, 0.15) is 6.42 Å². The summed E-state index contributed by atoms with van der Waals surface area (Å²) in [5.74, 6) is 4.28. The molecule has 1 saturated carbocycles. The van der Waals surface area contributed by atoms with Crippen LogP contribution in [0.5, 0.6) is 0 Å². The van der Waals surface area contributed by atoms with Gasteiger partial charge in [-0.2, -0.15) is 0 Å². The summed E-state index contributed by atoms with van der Waals surface area (Å²) in [6.45, 7) is 0. The maximum absolute atomic E-state index is 10.8. The summed E-state index contributed by atoms with van der Waals surface area (Å²) < 4.78 is -1.15. The predicted octanol–water partition coefficient (Wildman–Crippen LogP) is 0.532. The third-order valence-electron chi connectivity index (χ3n) is 1.41. The molecule has 0 aromatic carbocycles. The first kappa shape index (κ1) is 8.40. The fourth-order valence-corrected chi connectivity index (χ4v) is 1.59. The van der Waals surface area contributed by atoms with Gasteiger partial charge in [0.2, 0.25) is 0 Å². The largest absolute Gasteiger partial charge is 0.293 e. The number of hydrazine groups is 1. The zero-order valence-electron chi connectivity index (χ0n) is 4.83. The second kappa shape index (κ2) is 2.14. The van der Waals surface area contributed by atoms with Crippen molar-refractivity contribution in [2.24, 2.45) is 5.84 Å². The van der Waals surface area contributed by atoms with Crippen molar-refractivity contribution in [2.75, 3.05) is 0 Å². The van der Waals surface area contributed by atoms with Crippen molar-refractivity contribution in [1.29, 1.82) is 0 Å². The molecule has 0 aliphatic heterocycles. The van der Waals surface area contributed by atoms with Crippen LogP contribution in [0.3, 0.4) is 0 Å². The van der Waals surface area contributed by atoms with Crippen molar-refractivity contribution in [1.82, 2.24) is 5.43 Å². The van der Waals surface area contributed by atoms with E-state index in [0.29, 0.717) is 0 Å². The van der Waals surface area contributed by atoms with E-state index < -0.39 is 15.1 Å². The van der Waals surface area contributed by atoms with Gasteiger partial charge in [-0.1, -0.05) is 23.2 Å². The van der Waals surface area contributed by atoms with E-state index in [-0.39, 0.29) is 6.42 Å². The van der Waals surface area contributed by atoms with Gasteiger partial charge >= 0.3 is 0 Å². The van der Waals surface area contributed by atoms with Crippen LogP contribution in [-0.4, -0.2) is 15.1 Å². The molecule has 1 rings (SSSR count). The minimum absolute atomic E-state index is 0.230. The van der Waals surface area contributed by atoms with E-state index in [1.54, 1.807) is 0 Å². The Morgan fingerprint density at radius 3 is 2.00 bits per heavy atom. The van der Waals surface area contributed by atoms with Crippen LogP contribution < -0.4 is 11.3 Å². The van der Waals surface area contributed by atoms with Crippen molar-refractivity contribution < 1.29 is 4.79 Å². The molecule has 0 aromatic heterocycles. The first-order chi connectivity index (χ1) is 4.44. The molecule has 0 bridgehead atoms. The smallest absolute Gasteiger partial charge is 0.258 e. The number of carbonyl (C=O) groups is 1. The van der Waals surface area contributed by atoms with Gasteiger partial charge in [0.1, 0.15) is 4.33 Å². The number of nitrogens with two attached hydrogens (primary N) is 1. The molecular weight excluding hydrogens is 198 g/mol. The molecule has 1 atom stereocenters. The first-order valence-corrected chi connectivity index (χ1v) is 3.65. The maximum Gasteiger partial charge on any atom is 0.258 e. The molecule has 58 valence electrons. The molecule has 0 aromatic rings. The summed E-state index contributed by atoms with van der Waals surface area (Å²) in [4.78, 5) is 9.56. The van der Waals surface area contributed by atoms with E-state index in [4.69, 9.17) is 40.6 Å². The summed E-state index contributed by atoms with van der Waals surface area (Å²) >= 11 is 16.7. The molecule has 1 aliphatic rings. The SMILES string of the molecule is NNC(=O)C1(Cl)CC1(Cl)Cl. The van der Waals surface area contributed by atoms with E-state index in [0.717, 1.165) is 0 Å². The molecule has 1 aliphatic carbocycles. The van der Waals surface area contributed by atoms with Crippen molar-refractivity contribution in [3.05, 3.63) is 0 Å². The number of halogens is 3. The summed E-state index contributed by atoms with van der Waals surface area (Å²) in [6.07, 6.45) is 0.230. The Labute approximate surface area is 72.8 Å². The molecule has 1 unspecified atom stereocenters. The summed E-state index contributed by atoms with van der Waals surface area (Å²) in [7, 11) is 0. The highest BCUT2D eigenvalue weighted by atomic mass is 35.5. The molecule has 3 nitrogen and oxygen atoms in total. The van der Waals surface area contributed by atoms with Crippen molar-refractivity contribution in [3.63, 3.8) is 0 Å². The van der Waals surface area contributed by atoms with Gasteiger partial charge in [0.25, 0.3) is 5.91 Å². The minimum atomic E-state index is -1.22. The second-order valence-corrected chi connectivity index (χ2v) is 4.28. The zero-order chi connectivity index (χ0) is 7.99. The lowest BCUT2D eigenvalue weighted by molar-refractivity contribution is -0.121. The molecule has 0 heterocycles. The zero-order valence-corrected chi connectivity index (χ0v) is 7.09. The third kappa shape index (κ3) is 0.975. The number of amides is 1. The van der Waals surface area contributed by atoms with Gasteiger partial charge in [-0.05, 0) is 0 Å². The average molecular weight is 203 g/mol. The molecule has 0 saturated heterocycles. The monoisotopic (exact) mass is 202 g/mol. The molecule has 3 N–H and O–H groups in total. The summed E-state index contributed by atoms with van der Waals surface area (Å²) in [5, 5.41) is 0. The standard InChI is InChI=1S/C4H5Cl3N2O/c5-3(2(10)9-8)1-4(3,6)7/h1,8H2,(H,9,10). The van der Waals surface area contributed by atoms with Gasteiger partial charge in [-0.15, -0.1) is 11.6 Å². The van der Waals surface area contributed by atoms with E-state index in [9.17, 15) is 4.79 Å². The van der Waals surface area contributed by atoms with E-state index in [2.05, 4.69) is 0 Å². The summed E-state index contributed by atoms with van der Waals surface area (Å²) in [5.41, 5.74) is 1.88. The molecular formula is C4H5Cl3N2O. The normalized spacial score (nSPS) is 35.2. The Morgan fingerprint density at radius 1 is 1.50 bits per heavy atom. The number of nitrogens with one attached hydrogen (secondary N) is 1. The van der Waals surface area contributed by atoms with Gasteiger partial charge in [0.05, 0.1) is 0 Å². The number of carbonyl (C=O) groups excluding carboxylic acids is 1. The van der Waals surface area contributed by atoms with Crippen LogP contribution in [0.4, 0.5) is 0 Å². The topological polar surface area (TPSA) is 55.1 Å². The van der Waals surface area contributed by atoms with Crippen LogP contribution in [-0.2, 0) is 4.79 Å². The van der Waals surface area contributed by atoms with Crippen LogP contribution in [0, 0.1) is 0 Å². The van der Waals surface area contributed by atoms with Crippen LogP contribution in [0.15, 0.2) is 0 Å². The fraction of sp³-hybridized carbons (Fsp3) is 0.750. The lowest BCUT2D eigenvalue weighted by Gasteiger charge is -2.05. The van der Waals surface area contributed by atoms with Gasteiger partial charge in [-0.3, -0.25) is 10.2 Å². The van der Waals surface area contributed by atoms with Gasteiger partial charge in [0, 0.05) is 6.42 Å². The number of hydrogen-bond acceptors (Lipinski definition) is 2.